The molecule has 20 heavy (non-hydrogen) atoms. The first-order valence-electron chi connectivity index (χ1n) is 6.40. The Labute approximate surface area is 125 Å². The Kier molecular flexibility index (Phi) is 4.31. The van der Waals surface area contributed by atoms with Crippen LogP contribution in [0.1, 0.15) is 10.4 Å². The highest BCUT2D eigenvalue weighted by atomic mass is 35.5. The van der Waals surface area contributed by atoms with Gasteiger partial charge in [-0.1, -0.05) is 59.3 Å². The molecule has 2 aromatic rings. The summed E-state index contributed by atoms with van der Waals surface area (Å²) in [6, 6.07) is 15.7. The van der Waals surface area contributed by atoms with E-state index in [0.29, 0.717) is 5.56 Å². The van der Waals surface area contributed by atoms with Gasteiger partial charge in [-0.25, -0.2) is 4.79 Å². The van der Waals surface area contributed by atoms with E-state index in [2.05, 4.69) is 25.2 Å². The minimum atomic E-state index is -1.76. The van der Waals surface area contributed by atoms with Crippen LogP contribution in [0.2, 0.25) is 18.1 Å². The van der Waals surface area contributed by atoms with Gasteiger partial charge in [-0.2, -0.15) is 0 Å². The van der Waals surface area contributed by atoms with Gasteiger partial charge in [0.05, 0.1) is 12.7 Å². The number of benzene rings is 2. The molecule has 0 atom stereocenters. The Hall–Kier alpha value is -1.58. The Balaban J connectivity index is 2.34. The number of halogens is 1. The third-order valence-corrected chi connectivity index (χ3v) is 7.40. The van der Waals surface area contributed by atoms with Crippen LogP contribution in [0.5, 0.6) is 0 Å². The minimum absolute atomic E-state index is 0.303. The Morgan fingerprint density at radius 3 is 1.85 bits per heavy atom. The molecule has 0 spiro atoms. The van der Waals surface area contributed by atoms with Crippen LogP contribution in [0.25, 0.3) is 0 Å². The van der Waals surface area contributed by atoms with Crippen LogP contribution in [0, 0.1) is 0 Å². The normalized spacial score (nSPS) is 11.2. The van der Waals surface area contributed by atoms with Crippen LogP contribution >= 0.6 is 11.6 Å². The molecule has 0 bridgehead atoms. The van der Waals surface area contributed by atoms with Crippen LogP contribution < -0.4 is 10.4 Å². The third-order valence-electron chi connectivity index (χ3n) is 3.59. The Morgan fingerprint density at radius 2 is 1.40 bits per heavy atom. The van der Waals surface area contributed by atoms with Crippen molar-refractivity contribution < 1.29 is 9.53 Å². The summed E-state index contributed by atoms with van der Waals surface area (Å²) in [4.78, 5) is 11.5. The van der Waals surface area contributed by atoms with Gasteiger partial charge >= 0.3 is 5.97 Å². The lowest BCUT2D eigenvalue weighted by Gasteiger charge is -2.23. The van der Waals surface area contributed by atoms with Crippen molar-refractivity contribution in [3.8, 4) is 0 Å². The van der Waals surface area contributed by atoms with Gasteiger partial charge in [0, 0.05) is 5.02 Å². The molecule has 0 aliphatic carbocycles. The maximum absolute atomic E-state index is 11.5. The second-order valence-electron chi connectivity index (χ2n) is 5.20. The van der Waals surface area contributed by atoms with E-state index in [9.17, 15) is 4.79 Å². The number of ether oxygens (including phenoxy) is 1. The van der Waals surface area contributed by atoms with Crippen molar-refractivity contribution in [1.29, 1.82) is 0 Å². The lowest BCUT2D eigenvalue weighted by atomic mass is 10.2. The van der Waals surface area contributed by atoms with E-state index in [1.165, 1.54) is 17.5 Å². The van der Waals surface area contributed by atoms with E-state index in [4.69, 9.17) is 16.3 Å². The molecular formula is C16H17ClO2Si. The fourth-order valence-corrected chi connectivity index (χ4v) is 4.63. The van der Waals surface area contributed by atoms with Gasteiger partial charge < -0.3 is 4.74 Å². The lowest BCUT2D eigenvalue weighted by Crippen LogP contribution is -2.52. The fourth-order valence-electron chi connectivity index (χ4n) is 2.17. The third kappa shape index (κ3) is 2.94. The molecule has 0 amide bonds. The van der Waals surface area contributed by atoms with Crippen molar-refractivity contribution in [2.24, 2.45) is 0 Å². The molecule has 0 unspecified atom stereocenters. The van der Waals surface area contributed by atoms with Gasteiger partial charge in [-0.3, -0.25) is 0 Å². The molecule has 2 rings (SSSR count). The monoisotopic (exact) mass is 304 g/mol. The summed E-state index contributed by atoms with van der Waals surface area (Å²) < 4.78 is 4.72. The zero-order valence-electron chi connectivity index (χ0n) is 11.8. The molecule has 0 N–H and O–H groups in total. The van der Waals surface area contributed by atoms with Crippen LogP contribution in [0.15, 0.2) is 48.5 Å². The van der Waals surface area contributed by atoms with Gasteiger partial charge in [0.2, 0.25) is 0 Å². The topological polar surface area (TPSA) is 26.3 Å². The summed E-state index contributed by atoms with van der Waals surface area (Å²) in [5.74, 6) is -0.303. The van der Waals surface area contributed by atoms with E-state index in [-0.39, 0.29) is 5.97 Å². The smallest absolute Gasteiger partial charge is 0.337 e. The molecule has 0 radical (unpaired) electrons. The average molecular weight is 305 g/mol. The minimum Gasteiger partial charge on any atom is -0.465 e. The molecule has 0 aliphatic heterocycles. The molecule has 0 fully saturated rings. The molecule has 4 heteroatoms. The number of carbonyl (C=O) groups is 1. The van der Waals surface area contributed by atoms with Crippen LogP contribution in [-0.2, 0) is 4.74 Å². The highest BCUT2D eigenvalue weighted by Gasteiger charge is 2.25. The maximum Gasteiger partial charge on any atom is 0.337 e. The highest BCUT2D eigenvalue weighted by molar-refractivity contribution is 7.00. The SMILES string of the molecule is COC(=O)c1ccc([Si](C)(C)c2ccc(Cl)cc2)cc1. The molecule has 0 saturated carbocycles. The van der Waals surface area contributed by atoms with E-state index in [1.807, 2.05) is 36.4 Å². The van der Waals surface area contributed by atoms with E-state index in [1.54, 1.807) is 0 Å². The van der Waals surface area contributed by atoms with Crippen molar-refractivity contribution in [3.63, 3.8) is 0 Å². The van der Waals surface area contributed by atoms with Gasteiger partial charge in [-0.15, -0.1) is 0 Å². The number of hydrogen-bond acceptors (Lipinski definition) is 2. The van der Waals surface area contributed by atoms with E-state index >= 15 is 0 Å². The van der Waals surface area contributed by atoms with E-state index in [0.717, 1.165) is 5.02 Å². The summed E-state index contributed by atoms with van der Waals surface area (Å²) in [6.45, 7) is 4.56. The van der Waals surface area contributed by atoms with Crippen molar-refractivity contribution in [3.05, 3.63) is 59.1 Å². The number of carbonyl (C=O) groups excluding carboxylic acids is 1. The molecule has 2 nitrogen and oxygen atoms in total. The predicted molar refractivity (Wildman–Crippen MR) is 86.0 cm³/mol. The fraction of sp³-hybridized carbons (Fsp3) is 0.188. The second-order valence-corrected chi connectivity index (χ2v) is 10.0. The zero-order valence-corrected chi connectivity index (χ0v) is 13.6. The van der Waals surface area contributed by atoms with Crippen LogP contribution in [0.3, 0.4) is 0 Å². The van der Waals surface area contributed by atoms with Gasteiger partial charge in [-0.05, 0) is 24.3 Å². The maximum atomic E-state index is 11.5. The largest absolute Gasteiger partial charge is 0.465 e. The molecule has 0 heterocycles. The standard InChI is InChI=1S/C16H17ClO2Si/c1-19-16(18)12-4-8-14(9-5-12)20(2,3)15-10-6-13(17)7-11-15/h4-11H,1-3H3. The summed E-state index contributed by atoms with van der Waals surface area (Å²) in [7, 11) is -0.366. The van der Waals surface area contributed by atoms with E-state index < -0.39 is 8.07 Å². The molecule has 2 aromatic carbocycles. The summed E-state index contributed by atoms with van der Waals surface area (Å²) in [5, 5.41) is 3.33. The number of methoxy groups -OCH3 is 1. The first-order valence-corrected chi connectivity index (χ1v) is 9.78. The van der Waals surface area contributed by atoms with Crippen molar-refractivity contribution in [1.82, 2.24) is 0 Å². The Morgan fingerprint density at radius 1 is 0.950 bits per heavy atom. The van der Waals surface area contributed by atoms with Crippen LogP contribution in [-0.4, -0.2) is 21.2 Å². The Bertz CT molecular complexity index is 603. The van der Waals surface area contributed by atoms with Gasteiger partial charge in [0.25, 0.3) is 0 Å². The van der Waals surface area contributed by atoms with Gasteiger partial charge in [0.15, 0.2) is 0 Å². The highest BCUT2D eigenvalue weighted by Crippen LogP contribution is 2.10. The summed E-state index contributed by atoms with van der Waals surface area (Å²) in [6.07, 6.45) is 0. The number of hydrogen-bond donors (Lipinski definition) is 0. The number of esters is 1. The van der Waals surface area contributed by atoms with Crippen molar-refractivity contribution in [2.75, 3.05) is 7.11 Å². The molecule has 0 aliphatic rings. The molecule has 104 valence electrons. The second kappa shape index (κ2) is 5.81. The molecule has 0 aromatic heterocycles. The van der Waals surface area contributed by atoms with Crippen LogP contribution in [0.4, 0.5) is 0 Å². The predicted octanol–water partition coefficient (Wildman–Crippen LogP) is 2.95. The lowest BCUT2D eigenvalue weighted by molar-refractivity contribution is 0.0601. The number of rotatable bonds is 3. The molecular weight excluding hydrogens is 288 g/mol. The quantitative estimate of drug-likeness (QED) is 0.644. The van der Waals surface area contributed by atoms with Gasteiger partial charge in [0.1, 0.15) is 8.07 Å². The van der Waals surface area contributed by atoms with Crippen molar-refractivity contribution in [2.45, 2.75) is 13.1 Å². The summed E-state index contributed by atoms with van der Waals surface area (Å²) >= 11 is 5.94. The molecule has 0 saturated heterocycles. The average Bonchev–Trinajstić information content (AvgIpc) is 2.47. The first-order chi connectivity index (χ1) is 9.45. The first kappa shape index (κ1) is 14.8. The van der Waals surface area contributed by atoms with Crippen molar-refractivity contribution >= 4 is 36.0 Å². The zero-order chi connectivity index (χ0) is 14.8. The summed E-state index contributed by atoms with van der Waals surface area (Å²) in [5.41, 5.74) is 0.581.